The molecule has 1 aliphatic carbocycles. The van der Waals surface area contributed by atoms with Crippen molar-refractivity contribution in [1.82, 2.24) is 0 Å². The fourth-order valence-corrected chi connectivity index (χ4v) is 1.94. The van der Waals surface area contributed by atoms with Crippen LogP contribution in [0, 0.1) is 5.41 Å². The first-order valence-corrected chi connectivity index (χ1v) is 4.68. The zero-order valence-electron chi connectivity index (χ0n) is 7.64. The number of rotatable bonds is 3. The van der Waals surface area contributed by atoms with Crippen LogP contribution >= 0.6 is 0 Å². The number of hydrogen-bond donors (Lipinski definition) is 0. The van der Waals surface area contributed by atoms with E-state index in [1.165, 1.54) is 0 Å². The Labute approximate surface area is 73.3 Å². The number of carbonyl (C=O) groups is 2. The van der Waals surface area contributed by atoms with Gasteiger partial charge in [0, 0.05) is 19.3 Å². The predicted octanol–water partition coefficient (Wildman–Crippen LogP) is 2.11. The van der Waals surface area contributed by atoms with E-state index < -0.39 is 0 Å². The highest BCUT2D eigenvalue weighted by molar-refractivity contribution is 5.79. The molecule has 0 heterocycles. The van der Waals surface area contributed by atoms with Crippen LogP contribution in [0.3, 0.4) is 0 Å². The van der Waals surface area contributed by atoms with Gasteiger partial charge in [-0.25, -0.2) is 0 Å². The van der Waals surface area contributed by atoms with Gasteiger partial charge in [-0.05, 0) is 18.3 Å². The lowest BCUT2D eigenvalue weighted by Gasteiger charge is -2.34. The first kappa shape index (κ1) is 9.43. The molecule has 68 valence electrons. The first-order chi connectivity index (χ1) is 5.72. The van der Waals surface area contributed by atoms with Crippen LogP contribution < -0.4 is 0 Å². The Morgan fingerprint density at radius 3 is 2.42 bits per heavy atom. The van der Waals surface area contributed by atoms with E-state index >= 15 is 0 Å². The van der Waals surface area contributed by atoms with Gasteiger partial charge in [0.1, 0.15) is 12.1 Å². The SMILES string of the molecule is CCC1(CC=O)CCC(=O)CC1. The second-order valence-corrected chi connectivity index (χ2v) is 3.76. The number of ketones is 1. The lowest BCUT2D eigenvalue weighted by Crippen LogP contribution is -2.27. The summed E-state index contributed by atoms with van der Waals surface area (Å²) in [6, 6.07) is 0. The minimum Gasteiger partial charge on any atom is -0.303 e. The van der Waals surface area contributed by atoms with Gasteiger partial charge in [0.15, 0.2) is 0 Å². The average molecular weight is 168 g/mol. The summed E-state index contributed by atoms with van der Waals surface area (Å²) < 4.78 is 0. The summed E-state index contributed by atoms with van der Waals surface area (Å²) in [4.78, 5) is 21.4. The van der Waals surface area contributed by atoms with Crippen LogP contribution in [-0.2, 0) is 9.59 Å². The van der Waals surface area contributed by atoms with Crippen molar-refractivity contribution >= 4 is 12.1 Å². The Bertz CT molecular complexity index is 174. The highest BCUT2D eigenvalue weighted by atomic mass is 16.1. The minimum atomic E-state index is 0.162. The van der Waals surface area contributed by atoms with Gasteiger partial charge in [-0.15, -0.1) is 0 Å². The summed E-state index contributed by atoms with van der Waals surface area (Å²) in [5, 5.41) is 0. The van der Waals surface area contributed by atoms with Crippen LogP contribution in [0.25, 0.3) is 0 Å². The third-order valence-electron chi connectivity index (χ3n) is 3.13. The third kappa shape index (κ3) is 1.93. The Morgan fingerprint density at radius 1 is 1.42 bits per heavy atom. The molecule has 0 radical (unpaired) electrons. The molecule has 0 bridgehead atoms. The van der Waals surface area contributed by atoms with Gasteiger partial charge in [-0.2, -0.15) is 0 Å². The maximum Gasteiger partial charge on any atom is 0.132 e. The summed E-state index contributed by atoms with van der Waals surface area (Å²) in [5.41, 5.74) is 0.162. The molecular formula is C10H16O2. The van der Waals surface area contributed by atoms with E-state index in [1.54, 1.807) is 0 Å². The molecule has 1 aliphatic rings. The third-order valence-corrected chi connectivity index (χ3v) is 3.13. The molecule has 0 atom stereocenters. The minimum absolute atomic E-state index is 0.162. The summed E-state index contributed by atoms with van der Waals surface area (Å²) >= 11 is 0. The largest absolute Gasteiger partial charge is 0.303 e. The first-order valence-electron chi connectivity index (χ1n) is 4.68. The van der Waals surface area contributed by atoms with E-state index in [0.29, 0.717) is 25.0 Å². The van der Waals surface area contributed by atoms with Crippen LogP contribution in [0.15, 0.2) is 0 Å². The molecule has 0 aromatic heterocycles. The molecule has 0 amide bonds. The molecule has 2 nitrogen and oxygen atoms in total. The molecule has 0 unspecified atom stereocenters. The molecule has 0 aromatic rings. The van der Waals surface area contributed by atoms with E-state index in [1.807, 2.05) is 0 Å². The standard InChI is InChI=1S/C10H16O2/c1-2-10(7-8-11)5-3-9(12)4-6-10/h8H,2-7H2,1H3. The van der Waals surface area contributed by atoms with Gasteiger partial charge in [-0.3, -0.25) is 4.79 Å². The smallest absolute Gasteiger partial charge is 0.132 e. The van der Waals surface area contributed by atoms with Gasteiger partial charge in [-0.1, -0.05) is 13.3 Å². The monoisotopic (exact) mass is 168 g/mol. The molecule has 2 heteroatoms. The molecule has 0 saturated heterocycles. The fraction of sp³-hybridized carbons (Fsp3) is 0.800. The van der Waals surface area contributed by atoms with Crippen molar-refractivity contribution in [3.05, 3.63) is 0 Å². The van der Waals surface area contributed by atoms with Crippen molar-refractivity contribution in [3.8, 4) is 0 Å². The summed E-state index contributed by atoms with van der Waals surface area (Å²) in [5.74, 6) is 0.366. The van der Waals surface area contributed by atoms with Crippen LogP contribution in [0.4, 0.5) is 0 Å². The van der Waals surface area contributed by atoms with Gasteiger partial charge < -0.3 is 4.79 Å². The number of Topliss-reactive ketones (excluding diaryl/α,β-unsaturated/α-hetero) is 1. The molecule has 1 rings (SSSR count). The lowest BCUT2D eigenvalue weighted by atomic mass is 9.70. The van der Waals surface area contributed by atoms with Crippen molar-refractivity contribution in [2.45, 2.75) is 45.4 Å². The topological polar surface area (TPSA) is 34.1 Å². The normalized spacial score (nSPS) is 22.2. The summed E-state index contributed by atoms with van der Waals surface area (Å²) in [6.45, 7) is 2.11. The Balaban J connectivity index is 2.56. The molecule has 0 spiro atoms. The van der Waals surface area contributed by atoms with Crippen molar-refractivity contribution in [3.63, 3.8) is 0 Å². The maximum absolute atomic E-state index is 11.0. The number of hydrogen-bond acceptors (Lipinski definition) is 2. The highest BCUT2D eigenvalue weighted by Gasteiger charge is 2.32. The molecule has 1 fully saturated rings. The number of carbonyl (C=O) groups excluding carboxylic acids is 2. The molecular weight excluding hydrogens is 152 g/mol. The molecule has 0 N–H and O–H groups in total. The van der Waals surface area contributed by atoms with E-state index in [0.717, 1.165) is 25.5 Å². The zero-order valence-corrected chi connectivity index (χ0v) is 7.64. The second-order valence-electron chi connectivity index (χ2n) is 3.76. The van der Waals surface area contributed by atoms with Crippen molar-refractivity contribution in [2.24, 2.45) is 5.41 Å². The maximum atomic E-state index is 11.0. The quantitative estimate of drug-likeness (QED) is 0.605. The summed E-state index contributed by atoms with van der Waals surface area (Å²) in [6.07, 6.45) is 5.86. The van der Waals surface area contributed by atoms with Gasteiger partial charge in [0.05, 0.1) is 0 Å². The van der Waals surface area contributed by atoms with E-state index in [9.17, 15) is 9.59 Å². The van der Waals surface area contributed by atoms with Crippen molar-refractivity contribution < 1.29 is 9.59 Å². The number of aldehydes is 1. The van der Waals surface area contributed by atoms with Gasteiger partial charge in [0.25, 0.3) is 0 Å². The van der Waals surface area contributed by atoms with Crippen LogP contribution in [0.2, 0.25) is 0 Å². The average Bonchev–Trinajstić information content (AvgIpc) is 2.10. The van der Waals surface area contributed by atoms with Crippen LogP contribution in [-0.4, -0.2) is 12.1 Å². The highest BCUT2D eigenvalue weighted by Crippen LogP contribution is 2.40. The second kappa shape index (κ2) is 3.83. The Hall–Kier alpha value is -0.660. The summed E-state index contributed by atoms with van der Waals surface area (Å²) in [7, 11) is 0. The van der Waals surface area contributed by atoms with E-state index in [4.69, 9.17) is 0 Å². The van der Waals surface area contributed by atoms with Crippen LogP contribution in [0.5, 0.6) is 0 Å². The fourth-order valence-electron chi connectivity index (χ4n) is 1.94. The zero-order chi connectivity index (χ0) is 9.03. The Kier molecular flexibility index (Phi) is 3.01. The molecule has 1 saturated carbocycles. The van der Waals surface area contributed by atoms with E-state index in [2.05, 4.69) is 6.92 Å². The van der Waals surface area contributed by atoms with Gasteiger partial charge >= 0.3 is 0 Å². The predicted molar refractivity (Wildman–Crippen MR) is 46.9 cm³/mol. The van der Waals surface area contributed by atoms with Gasteiger partial charge in [0.2, 0.25) is 0 Å². The van der Waals surface area contributed by atoms with E-state index in [-0.39, 0.29) is 5.41 Å². The van der Waals surface area contributed by atoms with Crippen molar-refractivity contribution in [2.75, 3.05) is 0 Å². The molecule has 12 heavy (non-hydrogen) atoms. The molecule has 0 aliphatic heterocycles. The van der Waals surface area contributed by atoms with Crippen molar-refractivity contribution in [1.29, 1.82) is 0 Å². The lowest BCUT2D eigenvalue weighted by molar-refractivity contribution is -0.123. The molecule has 0 aromatic carbocycles. The van der Waals surface area contributed by atoms with Crippen LogP contribution in [0.1, 0.15) is 45.4 Å². The Morgan fingerprint density at radius 2 is 2.00 bits per heavy atom.